The Morgan fingerprint density at radius 3 is 2.22 bits per heavy atom. The first kappa shape index (κ1) is 27.4. The lowest BCUT2D eigenvalue weighted by Crippen LogP contribution is -2.59. The van der Waals surface area contributed by atoms with Gasteiger partial charge in [-0.25, -0.2) is 0 Å². The Balaban J connectivity index is 1.72. The molecule has 11 nitrogen and oxygen atoms in total. The number of hydrogen-bond acceptors (Lipinski definition) is 11. The number of aliphatic hydroxyl groups is 5. The summed E-state index contributed by atoms with van der Waals surface area (Å²) in [6, 6.07) is 8.22. The minimum Gasteiger partial charge on any atom is -0.504 e. The van der Waals surface area contributed by atoms with Gasteiger partial charge in [-0.2, -0.15) is 0 Å². The molecule has 8 atom stereocenters. The molecule has 4 rings (SSSR count). The van der Waals surface area contributed by atoms with Gasteiger partial charge in [0.2, 0.25) is 0 Å². The van der Waals surface area contributed by atoms with Crippen molar-refractivity contribution in [3.8, 4) is 23.0 Å². The molecule has 0 aromatic heterocycles. The SMILES string of the molecule is COc1cc([C@H]2c3cc(O)c(OC)cc3C[C@@H](CO)[C@@H]2CO[C@H]2O[C@H](CO)[C@@H](O)[C@H](O)[C@H]2O)ccc1O. The third-order valence-electron chi connectivity index (χ3n) is 7.39. The van der Waals surface area contributed by atoms with E-state index >= 15 is 0 Å². The van der Waals surface area contributed by atoms with E-state index in [0.717, 1.165) is 16.7 Å². The van der Waals surface area contributed by atoms with Crippen LogP contribution in [0, 0.1) is 11.8 Å². The highest BCUT2D eigenvalue weighted by atomic mass is 16.7. The number of aromatic hydroxyl groups is 2. The average molecular weight is 523 g/mol. The summed E-state index contributed by atoms with van der Waals surface area (Å²) < 4.78 is 22.0. The van der Waals surface area contributed by atoms with Crippen LogP contribution in [0.5, 0.6) is 23.0 Å². The molecule has 1 heterocycles. The topological polar surface area (TPSA) is 179 Å². The predicted octanol–water partition coefficient (Wildman–Crippen LogP) is -0.156. The van der Waals surface area contributed by atoms with Gasteiger partial charge in [-0.1, -0.05) is 6.07 Å². The highest BCUT2D eigenvalue weighted by Gasteiger charge is 2.45. The Kier molecular flexibility index (Phi) is 8.44. The van der Waals surface area contributed by atoms with Crippen molar-refractivity contribution in [3.63, 3.8) is 0 Å². The third kappa shape index (κ3) is 5.21. The highest BCUT2D eigenvalue weighted by molar-refractivity contribution is 5.53. The molecule has 1 fully saturated rings. The maximum Gasteiger partial charge on any atom is 0.186 e. The van der Waals surface area contributed by atoms with Gasteiger partial charge in [0.25, 0.3) is 0 Å². The number of methoxy groups -OCH3 is 2. The first-order chi connectivity index (χ1) is 17.7. The van der Waals surface area contributed by atoms with E-state index in [1.54, 1.807) is 24.3 Å². The Bertz CT molecular complexity index is 1070. The zero-order valence-corrected chi connectivity index (χ0v) is 20.6. The molecule has 7 N–H and O–H groups in total. The molecule has 1 saturated heterocycles. The van der Waals surface area contributed by atoms with E-state index < -0.39 is 49.1 Å². The Morgan fingerprint density at radius 2 is 1.57 bits per heavy atom. The van der Waals surface area contributed by atoms with Crippen LogP contribution in [0.3, 0.4) is 0 Å². The molecule has 0 saturated carbocycles. The van der Waals surface area contributed by atoms with Gasteiger partial charge in [0.1, 0.15) is 24.4 Å². The number of aliphatic hydroxyl groups excluding tert-OH is 5. The molecular formula is C26H34O11. The second kappa shape index (κ2) is 11.4. The third-order valence-corrected chi connectivity index (χ3v) is 7.39. The molecule has 2 aromatic rings. The minimum atomic E-state index is -1.59. The maximum atomic E-state index is 10.6. The predicted molar refractivity (Wildman–Crippen MR) is 129 cm³/mol. The molecule has 2 aliphatic rings. The standard InChI is InChI=1S/C26H34O11/c1-34-19-6-12(3-4-17(19)29)22-15-8-18(30)20(35-2)7-13(15)5-14(9-27)16(22)11-36-26-25(33)24(32)23(31)21(10-28)37-26/h3-4,6-8,14,16,21-33H,5,9-11H2,1-2H3/t14-,16-,21+,22-,23+,24-,25+,26-/m0/s1. The van der Waals surface area contributed by atoms with Crippen LogP contribution < -0.4 is 9.47 Å². The largest absolute Gasteiger partial charge is 0.504 e. The van der Waals surface area contributed by atoms with Crippen molar-refractivity contribution in [1.82, 2.24) is 0 Å². The summed E-state index contributed by atoms with van der Waals surface area (Å²) >= 11 is 0. The fourth-order valence-electron chi connectivity index (χ4n) is 5.35. The van der Waals surface area contributed by atoms with Crippen molar-refractivity contribution >= 4 is 0 Å². The zero-order valence-electron chi connectivity index (χ0n) is 20.6. The Morgan fingerprint density at radius 1 is 0.865 bits per heavy atom. The number of rotatable bonds is 8. The van der Waals surface area contributed by atoms with Crippen LogP contribution in [0.4, 0.5) is 0 Å². The van der Waals surface area contributed by atoms with Crippen molar-refractivity contribution < 1.29 is 54.7 Å². The molecule has 0 spiro atoms. The molecule has 0 radical (unpaired) electrons. The van der Waals surface area contributed by atoms with Gasteiger partial charge < -0.3 is 54.7 Å². The van der Waals surface area contributed by atoms with Crippen molar-refractivity contribution in [1.29, 1.82) is 0 Å². The lowest BCUT2D eigenvalue weighted by atomic mass is 9.67. The van der Waals surface area contributed by atoms with Gasteiger partial charge in [-0.05, 0) is 59.2 Å². The second-order valence-electron chi connectivity index (χ2n) is 9.47. The van der Waals surface area contributed by atoms with Crippen LogP contribution >= 0.6 is 0 Å². The number of fused-ring (bicyclic) bond motifs is 1. The smallest absolute Gasteiger partial charge is 0.186 e. The van der Waals surface area contributed by atoms with Crippen molar-refractivity contribution in [2.45, 2.75) is 43.0 Å². The monoisotopic (exact) mass is 522 g/mol. The van der Waals surface area contributed by atoms with Crippen molar-refractivity contribution in [2.75, 3.05) is 34.0 Å². The molecule has 0 bridgehead atoms. The van der Waals surface area contributed by atoms with Gasteiger partial charge >= 0.3 is 0 Å². The van der Waals surface area contributed by atoms with E-state index in [-0.39, 0.29) is 36.4 Å². The van der Waals surface area contributed by atoms with Gasteiger partial charge in [0, 0.05) is 12.5 Å². The van der Waals surface area contributed by atoms with Crippen LogP contribution in [0.25, 0.3) is 0 Å². The van der Waals surface area contributed by atoms with Crippen LogP contribution in [0.2, 0.25) is 0 Å². The fraction of sp³-hybridized carbons (Fsp3) is 0.538. The van der Waals surface area contributed by atoms with E-state index in [1.165, 1.54) is 20.3 Å². The van der Waals surface area contributed by atoms with Crippen LogP contribution in [0.15, 0.2) is 30.3 Å². The summed E-state index contributed by atoms with van der Waals surface area (Å²) in [5, 5.41) is 71.2. The van der Waals surface area contributed by atoms with Gasteiger partial charge in [-0.15, -0.1) is 0 Å². The molecule has 11 heteroatoms. The first-order valence-corrected chi connectivity index (χ1v) is 12.0. The lowest BCUT2D eigenvalue weighted by Gasteiger charge is -2.43. The lowest BCUT2D eigenvalue weighted by molar-refractivity contribution is -0.304. The molecule has 1 aliphatic heterocycles. The highest BCUT2D eigenvalue weighted by Crippen LogP contribution is 2.48. The number of hydrogen-bond donors (Lipinski definition) is 7. The number of ether oxygens (including phenoxy) is 4. The minimum absolute atomic E-state index is 0.0476. The van der Waals surface area contributed by atoms with E-state index in [9.17, 15) is 35.7 Å². The van der Waals surface area contributed by atoms with Crippen LogP contribution in [-0.2, 0) is 15.9 Å². The first-order valence-electron chi connectivity index (χ1n) is 12.0. The van der Waals surface area contributed by atoms with Gasteiger partial charge in [-0.3, -0.25) is 0 Å². The van der Waals surface area contributed by atoms with Crippen molar-refractivity contribution in [2.24, 2.45) is 11.8 Å². The van der Waals surface area contributed by atoms with E-state index in [4.69, 9.17) is 18.9 Å². The molecule has 0 unspecified atom stereocenters. The maximum absolute atomic E-state index is 10.6. The second-order valence-corrected chi connectivity index (χ2v) is 9.47. The Labute approximate surface area is 214 Å². The molecule has 2 aromatic carbocycles. The Hall–Kier alpha value is -2.64. The summed E-state index contributed by atoms with van der Waals surface area (Å²) in [5.74, 6) is -0.744. The van der Waals surface area contributed by atoms with Gasteiger partial charge in [0.05, 0.1) is 27.4 Å². The van der Waals surface area contributed by atoms with Gasteiger partial charge in [0.15, 0.2) is 29.3 Å². The van der Waals surface area contributed by atoms with E-state index in [1.807, 2.05) is 0 Å². The molecule has 204 valence electrons. The number of phenols is 2. The normalized spacial score (nSPS) is 31.5. The van der Waals surface area contributed by atoms with Crippen molar-refractivity contribution in [3.05, 3.63) is 47.0 Å². The number of phenolic OH excluding ortho intramolecular Hbond substituents is 2. The summed E-state index contributed by atoms with van der Waals surface area (Å²) in [5.41, 5.74) is 2.34. The molecule has 1 aliphatic carbocycles. The van der Waals surface area contributed by atoms with Crippen LogP contribution in [0.1, 0.15) is 22.6 Å². The molecule has 0 amide bonds. The van der Waals surface area contributed by atoms with Crippen LogP contribution in [-0.4, -0.2) is 100 Å². The molecule has 37 heavy (non-hydrogen) atoms. The fourth-order valence-corrected chi connectivity index (χ4v) is 5.35. The quantitative estimate of drug-likeness (QED) is 0.245. The van der Waals surface area contributed by atoms with E-state index in [0.29, 0.717) is 12.2 Å². The van der Waals surface area contributed by atoms with E-state index in [2.05, 4.69) is 0 Å². The zero-order chi connectivity index (χ0) is 26.9. The summed E-state index contributed by atoms with van der Waals surface area (Å²) in [6.45, 7) is -0.830. The summed E-state index contributed by atoms with van der Waals surface area (Å²) in [6.07, 6.45) is -6.68. The summed E-state index contributed by atoms with van der Waals surface area (Å²) in [7, 11) is 2.88. The molecular weight excluding hydrogens is 488 g/mol. The summed E-state index contributed by atoms with van der Waals surface area (Å²) in [4.78, 5) is 0. The number of benzene rings is 2. The average Bonchev–Trinajstić information content (AvgIpc) is 2.90.